The first-order chi connectivity index (χ1) is 9.72. The van der Waals surface area contributed by atoms with E-state index in [0.717, 1.165) is 5.69 Å². The number of rotatable bonds is 6. The molecule has 2 aromatic rings. The SMILES string of the molecule is COCCCOC(=O)c1ccn(-c2ccccc2N)n1. The van der Waals surface area contributed by atoms with E-state index in [-0.39, 0.29) is 5.69 Å². The van der Waals surface area contributed by atoms with Gasteiger partial charge < -0.3 is 15.2 Å². The van der Waals surface area contributed by atoms with Gasteiger partial charge in [-0.1, -0.05) is 12.1 Å². The monoisotopic (exact) mass is 275 g/mol. The average molecular weight is 275 g/mol. The Morgan fingerprint density at radius 1 is 1.30 bits per heavy atom. The number of hydrogen-bond donors (Lipinski definition) is 1. The third-order valence-corrected chi connectivity index (χ3v) is 2.71. The lowest BCUT2D eigenvalue weighted by Crippen LogP contribution is -2.09. The lowest BCUT2D eigenvalue weighted by molar-refractivity contribution is 0.0461. The van der Waals surface area contributed by atoms with Gasteiger partial charge in [0.25, 0.3) is 0 Å². The van der Waals surface area contributed by atoms with Gasteiger partial charge in [0.1, 0.15) is 0 Å². The molecule has 1 aromatic heterocycles. The Bertz CT molecular complexity index is 581. The number of benzene rings is 1. The van der Waals surface area contributed by atoms with Crippen LogP contribution in [0.1, 0.15) is 16.9 Å². The van der Waals surface area contributed by atoms with E-state index in [2.05, 4.69) is 5.10 Å². The normalized spacial score (nSPS) is 10.4. The van der Waals surface area contributed by atoms with E-state index in [1.54, 1.807) is 30.1 Å². The minimum absolute atomic E-state index is 0.255. The number of aromatic nitrogens is 2. The third kappa shape index (κ3) is 3.36. The molecule has 1 aromatic carbocycles. The number of carbonyl (C=O) groups is 1. The number of nitrogen functional groups attached to an aromatic ring is 1. The summed E-state index contributed by atoms with van der Waals surface area (Å²) in [6, 6.07) is 8.91. The fourth-order valence-corrected chi connectivity index (χ4v) is 1.71. The number of nitrogens with zero attached hydrogens (tertiary/aromatic N) is 2. The van der Waals surface area contributed by atoms with Crippen molar-refractivity contribution in [1.82, 2.24) is 9.78 Å². The molecule has 0 aliphatic rings. The lowest BCUT2D eigenvalue weighted by atomic mass is 10.3. The lowest BCUT2D eigenvalue weighted by Gasteiger charge is -2.04. The van der Waals surface area contributed by atoms with Gasteiger partial charge in [0.05, 0.1) is 18.0 Å². The topological polar surface area (TPSA) is 79.4 Å². The predicted octanol–water partition coefficient (Wildman–Crippen LogP) is 1.65. The van der Waals surface area contributed by atoms with Gasteiger partial charge >= 0.3 is 5.97 Å². The molecule has 0 amide bonds. The molecule has 0 aliphatic carbocycles. The Morgan fingerprint density at radius 2 is 2.10 bits per heavy atom. The zero-order valence-electron chi connectivity index (χ0n) is 11.3. The highest BCUT2D eigenvalue weighted by Gasteiger charge is 2.12. The molecule has 106 valence electrons. The predicted molar refractivity (Wildman–Crippen MR) is 74.8 cm³/mol. The van der Waals surface area contributed by atoms with Gasteiger partial charge in [0, 0.05) is 26.3 Å². The highest BCUT2D eigenvalue weighted by atomic mass is 16.5. The molecule has 6 heteroatoms. The van der Waals surface area contributed by atoms with Crippen LogP contribution in [0.4, 0.5) is 5.69 Å². The molecule has 1 heterocycles. The number of nitrogens with two attached hydrogens (primary N) is 1. The summed E-state index contributed by atoms with van der Waals surface area (Å²) < 4.78 is 11.5. The molecule has 0 bridgehead atoms. The number of carbonyl (C=O) groups excluding carboxylic acids is 1. The Morgan fingerprint density at radius 3 is 2.85 bits per heavy atom. The van der Waals surface area contributed by atoms with Gasteiger partial charge in [-0.25, -0.2) is 9.48 Å². The number of ether oxygens (including phenoxy) is 2. The third-order valence-electron chi connectivity index (χ3n) is 2.71. The van der Waals surface area contributed by atoms with Crippen molar-refractivity contribution in [3.63, 3.8) is 0 Å². The minimum atomic E-state index is -0.450. The van der Waals surface area contributed by atoms with Crippen LogP contribution in [0.3, 0.4) is 0 Å². The average Bonchev–Trinajstić information content (AvgIpc) is 2.93. The van der Waals surface area contributed by atoms with Crippen molar-refractivity contribution in [3.8, 4) is 5.69 Å². The Kier molecular flexibility index (Phi) is 4.73. The number of esters is 1. The van der Waals surface area contributed by atoms with Gasteiger partial charge in [-0.15, -0.1) is 0 Å². The van der Waals surface area contributed by atoms with E-state index < -0.39 is 5.97 Å². The van der Waals surface area contributed by atoms with Crippen molar-refractivity contribution in [1.29, 1.82) is 0 Å². The van der Waals surface area contributed by atoms with Gasteiger partial charge in [-0.3, -0.25) is 0 Å². The van der Waals surface area contributed by atoms with Crippen molar-refractivity contribution in [2.75, 3.05) is 26.1 Å². The second kappa shape index (κ2) is 6.72. The number of methoxy groups -OCH3 is 1. The molecular formula is C14H17N3O3. The Hall–Kier alpha value is -2.34. The molecule has 2 N–H and O–H groups in total. The quantitative estimate of drug-likeness (QED) is 0.492. The van der Waals surface area contributed by atoms with E-state index in [9.17, 15) is 4.79 Å². The fraction of sp³-hybridized carbons (Fsp3) is 0.286. The van der Waals surface area contributed by atoms with E-state index in [4.69, 9.17) is 15.2 Å². The molecule has 0 unspecified atom stereocenters. The number of anilines is 1. The second-order valence-electron chi connectivity index (χ2n) is 4.19. The molecule has 0 aliphatic heterocycles. The van der Waals surface area contributed by atoms with E-state index in [1.165, 1.54) is 0 Å². The first kappa shape index (κ1) is 14.1. The van der Waals surface area contributed by atoms with Crippen LogP contribution in [-0.2, 0) is 9.47 Å². The van der Waals surface area contributed by atoms with E-state index in [0.29, 0.717) is 25.3 Å². The van der Waals surface area contributed by atoms with E-state index in [1.807, 2.05) is 18.2 Å². The zero-order valence-corrected chi connectivity index (χ0v) is 11.3. The Balaban J connectivity index is 2.02. The van der Waals surface area contributed by atoms with Crippen LogP contribution in [0, 0.1) is 0 Å². The highest BCUT2D eigenvalue weighted by Crippen LogP contribution is 2.15. The van der Waals surface area contributed by atoms with Gasteiger partial charge in [-0.2, -0.15) is 5.10 Å². The van der Waals surface area contributed by atoms with Crippen LogP contribution < -0.4 is 5.73 Å². The van der Waals surface area contributed by atoms with Crippen molar-refractivity contribution in [2.45, 2.75) is 6.42 Å². The van der Waals surface area contributed by atoms with Crippen molar-refractivity contribution >= 4 is 11.7 Å². The summed E-state index contributed by atoms with van der Waals surface area (Å²) in [7, 11) is 1.60. The van der Waals surface area contributed by atoms with Crippen LogP contribution >= 0.6 is 0 Å². The van der Waals surface area contributed by atoms with Crippen LogP contribution in [0.5, 0.6) is 0 Å². The highest BCUT2D eigenvalue weighted by molar-refractivity contribution is 5.87. The van der Waals surface area contributed by atoms with E-state index >= 15 is 0 Å². The molecule has 0 saturated carbocycles. The maximum Gasteiger partial charge on any atom is 0.358 e. The zero-order chi connectivity index (χ0) is 14.4. The summed E-state index contributed by atoms with van der Waals surface area (Å²) in [5, 5.41) is 4.17. The number of hydrogen-bond acceptors (Lipinski definition) is 5. The van der Waals surface area contributed by atoms with Crippen LogP contribution in [-0.4, -0.2) is 36.1 Å². The summed E-state index contributed by atoms with van der Waals surface area (Å²) in [4.78, 5) is 11.8. The van der Waals surface area contributed by atoms with Gasteiger partial charge in [0.2, 0.25) is 0 Å². The molecule has 2 rings (SSSR count). The van der Waals surface area contributed by atoms with Crippen LogP contribution in [0.15, 0.2) is 36.5 Å². The molecule has 0 atom stereocenters. The maximum absolute atomic E-state index is 11.8. The summed E-state index contributed by atoms with van der Waals surface area (Å²) >= 11 is 0. The van der Waals surface area contributed by atoms with Gasteiger partial charge in [0.15, 0.2) is 5.69 Å². The summed E-state index contributed by atoms with van der Waals surface area (Å²) in [6.45, 7) is 0.870. The molecule has 0 radical (unpaired) electrons. The first-order valence-electron chi connectivity index (χ1n) is 6.29. The summed E-state index contributed by atoms with van der Waals surface area (Å²) in [6.07, 6.45) is 2.34. The smallest absolute Gasteiger partial charge is 0.358 e. The first-order valence-corrected chi connectivity index (χ1v) is 6.29. The van der Waals surface area contributed by atoms with Crippen LogP contribution in [0.25, 0.3) is 5.69 Å². The Labute approximate surface area is 117 Å². The summed E-state index contributed by atoms with van der Waals surface area (Å²) in [5.74, 6) is -0.450. The molecular weight excluding hydrogens is 258 g/mol. The second-order valence-corrected chi connectivity index (χ2v) is 4.19. The molecule has 0 spiro atoms. The maximum atomic E-state index is 11.8. The van der Waals surface area contributed by atoms with Crippen molar-refractivity contribution in [2.24, 2.45) is 0 Å². The van der Waals surface area contributed by atoms with Crippen molar-refractivity contribution < 1.29 is 14.3 Å². The standard InChI is InChI=1S/C14H17N3O3/c1-19-9-4-10-20-14(18)12-7-8-17(16-12)13-6-3-2-5-11(13)15/h2-3,5-8H,4,9-10,15H2,1H3. The summed E-state index contributed by atoms with van der Waals surface area (Å²) in [5.41, 5.74) is 7.44. The fourth-order valence-electron chi connectivity index (χ4n) is 1.71. The molecule has 0 fully saturated rings. The van der Waals surface area contributed by atoms with Crippen molar-refractivity contribution in [3.05, 3.63) is 42.2 Å². The molecule has 6 nitrogen and oxygen atoms in total. The molecule has 20 heavy (non-hydrogen) atoms. The number of para-hydroxylation sites is 2. The van der Waals surface area contributed by atoms with Crippen LogP contribution in [0.2, 0.25) is 0 Å². The molecule has 0 saturated heterocycles. The largest absolute Gasteiger partial charge is 0.461 e. The van der Waals surface area contributed by atoms with Gasteiger partial charge in [-0.05, 0) is 18.2 Å². The minimum Gasteiger partial charge on any atom is -0.461 e.